The molecule has 3 heteroatoms. The molecule has 2 N–H and O–H groups in total. The molecule has 1 fully saturated rings. The molecule has 0 saturated heterocycles. The maximum Gasteiger partial charge on any atom is 0.124 e. The van der Waals surface area contributed by atoms with Crippen molar-refractivity contribution >= 4 is 0 Å². The number of hydrogen-bond donors (Lipinski definition) is 1. The summed E-state index contributed by atoms with van der Waals surface area (Å²) in [5.74, 6) is 3.30. The van der Waals surface area contributed by atoms with Crippen LogP contribution >= 0.6 is 0 Å². The third-order valence-electron chi connectivity index (χ3n) is 4.88. The van der Waals surface area contributed by atoms with Gasteiger partial charge in [0, 0.05) is 18.0 Å². The molecule has 0 amide bonds. The standard InChI is InChI=1S/C17H25NO2/c1-11-4-3-5-12(8-11)17-10-15(18)14-9-13(19-2)6-7-16(14)20-17/h6-7,9,11-12,15,17H,3-5,8,10,18H2,1-2H3. The van der Waals surface area contributed by atoms with Crippen LogP contribution in [0.2, 0.25) is 0 Å². The number of hydrogen-bond acceptors (Lipinski definition) is 3. The minimum absolute atomic E-state index is 0.0658. The molecule has 3 rings (SSSR count). The van der Waals surface area contributed by atoms with Gasteiger partial charge in [0.15, 0.2) is 0 Å². The molecular formula is C17H25NO2. The van der Waals surface area contributed by atoms with Crippen LogP contribution in [0.1, 0.15) is 50.6 Å². The Kier molecular flexibility index (Phi) is 3.88. The zero-order chi connectivity index (χ0) is 14.1. The number of fused-ring (bicyclic) bond motifs is 1. The van der Waals surface area contributed by atoms with Crippen LogP contribution in [-0.4, -0.2) is 13.2 Å². The van der Waals surface area contributed by atoms with Crippen LogP contribution in [-0.2, 0) is 0 Å². The van der Waals surface area contributed by atoms with Gasteiger partial charge in [-0.15, -0.1) is 0 Å². The van der Waals surface area contributed by atoms with E-state index in [0.717, 1.165) is 29.4 Å². The summed E-state index contributed by atoms with van der Waals surface area (Å²) in [7, 11) is 1.68. The summed E-state index contributed by atoms with van der Waals surface area (Å²) >= 11 is 0. The molecule has 4 unspecified atom stereocenters. The topological polar surface area (TPSA) is 44.5 Å². The third kappa shape index (κ3) is 2.64. The summed E-state index contributed by atoms with van der Waals surface area (Å²) in [6.45, 7) is 2.35. The van der Waals surface area contributed by atoms with E-state index in [2.05, 4.69) is 6.92 Å². The summed E-state index contributed by atoms with van der Waals surface area (Å²) in [4.78, 5) is 0. The Morgan fingerprint density at radius 2 is 2.10 bits per heavy atom. The predicted molar refractivity (Wildman–Crippen MR) is 80.1 cm³/mol. The Bertz CT molecular complexity index is 474. The summed E-state index contributed by atoms with van der Waals surface area (Å²) in [6.07, 6.45) is 6.47. The van der Waals surface area contributed by atoms with Crippen molar-refractivity contribution in [2.45, 2.75) is 51.2 Å². The number of nitrogens with two attached hydrogens (primary N) is 1. The fraction of sp³-hybridized carbons (Fsp3) is 0.647. The highest BCUT2D eigenvalue weighted by Crippen LogP contribution is 2.41. The minimum Gasteiger partial charge on any atom is -0.497 e. The molecule has 4 atom stereocenters. The first kappa shape index (κ1) is 13.7. The first-order valence-corrected chi connectivity index (χ1v) is 7.77. The maximum absolute atomic E-state index is 6.37. The van der Waals surface area contributed by atoms with Gasteiger partial charge in [-0.2, -0.15) is 0 Å². The van der Waals surface area contributed by atoms with Crippen LogP contribution in [0.4, 0.5) is 0 Å². The number of methoxy groups -OCH3 is 1. The first-order chi connectivity index (χ1) is 9.67. The maximum atomic E-state index is 6.37. The third-order valence-corrected chi connectivity index (χ3v) is 4.88. The second-order valence-corrected chi connectivity index (χ2v) is 6.43. The Morgan fingerprint density at radius 1 is 1.25 bits per heavy atom. The van der Waals surface area contributed by atoms with Crippen molar-refractivity contribution in [3.8, 4) is 11.5 Å². The molecule has 1 aliphatic heterocycles. The summed E-state index contributed by atoms with van der Waals surface area (Å²) < 4.78 is 11.5. The highest BCUT2D eigenvalue weighted by atomic mass is 16.5. The predicted octanol–water partition coefficient (Wildman–Crippen LogP) is 3.67. The van der Waals surface area contributed by atoms with E-state index in [0.29, 0.717) is 5.92 Å². The van der Waals surface area contributed by atoms with Crippen LogP contribution < -0.4 is 15.2 Å². The zero-order valence-electron chi connectivity index (χ0n) is 12.5. The van der Waals surface area contributed by atoms with Crippen molar-refractivity contribution in [2.24, 2.45) is 17.6 Å². The molecule has 1 aliphatic carbocycles. The van der Waals surface area contributed by atoms with Crippen molar-refractivity contribution in [1.82, 2.24) is 0 Å². The number of benzene rings is 1. The molecule has 0 bridgehead atoms. The van der Waals surface area contributed by atoms with Crippen LogP contribution in [0.25, 0.3) is 0 Å². The lowest BCUT2D eigenvalue weighted by atomic mass is 9.77. The molecule has 1 aromatic carbocycles. The van der Waals surface area contributed by atoms with E-state index in [4.69, 9.17) is 15.2 Å². The molecule has 1 heterocycles. The Labute approximate surface area is 121 Å². The quantitative estimate of drug-likeness (QED) is 0.895. The molecule has 0 radical (unpaired) electrons. The normalized spacial score (nSPS) is 33.1. The average molecular weight is 275 g/mol. The van der Waals surface area contributed by atoms with Crippen molar-refractivity contribution in [2.75, 3.05) is 7.11 Å². The number of rotatable bonds is 2. The van der Waals surface area contributed by atoms with E-state index in [-0.39, 0.29) is 12.1 Å². The van der Waals surface area contributed by atoms with Crippen molar-refractivity contribution in [3.63, 3.8) is 0 Å². The second-order valence-electron chi connectivity index (χ2n) is 6.43. The minimum atomic E-state index is 0.0658. The van der Waals surface area contributed by atoms with E-state index in [1.165, 1.54) is 25.7 Å². The Morgan fingerprint density at radius 3 is 2.85 bits per heavy atom. The van der Waals surface area contributed by atoms with Crippen LogP contribution in [0, 0.1) is 11.8 Å². The Hall–Kier alpha value is -1.22. The van der Waals surface area contributed by atoms with Gasteiger partial charge in [-0.1, -0.05) is 19.8 Å². The van der Waals surface area contributed by atoms with Crippen molar-refractivity contribution in [1.29, 1.82) is 0 Å². The van der Waals surface area contributed by atoms with Crippen LogP contribution in [0.3, 0.4) is 0 Å². The Balaban J connectivity index is 1.78. The van der Waals surface area contributed by atoms with E-state index >= 15 is 0 Å². The molecule has 0 spiro atoms. The van der Waals surface area contributed by atoms with Gasteiger partial charge in [0.25, 0.3) is 0 Å². The molecule has 1 saturated carbocycles. The van der Waals surface area contributed by atoms with Gasteiger partial charge in [-0.05, 0) is 42.9 Å². The van der Waals surface area contributed by atoms with Gasteiger partial charge in [0.05, 0.1) is 7.11 Å². The SMILES string of the molecule is COc1ccc2c(c1)C(N)CC(C1CCCC(C)C1)O2. The lowest BCUT2D eigenvalue weighted by molar-refractivity contribution is 0.0664. The van der Waals surface area contributed by atoms with Gasteiger partial charge in [0.1, 0.15) is 17.6 Å². The van der Waals surface area contributed by atoms with Gasteiger partial charge >= 0.3 is 0 Å². The van der Waals surface area contributed by atoms with Crippen molar-refractivity contribution in [3.05, 3.63) is 23.8 Å². The van der Waals surface area contributed by atoms with Gasteiger partial charge in [-0.3, -0.25) is 0 Å². The van der Waals surface area contributed by atoms with E-state index in [1.807, 2.05) is 18.2 Å². The number of ether oxygens (including phenoxy) is 2. The van der Waals surface area contributed by atoms with E-state index in [1.54, 1.807) is 7.11 Å². The fourth-order valence-electron chi connectivity index (χ4n) is 3.75. The second kappa shape index (κ2) is 5.65. The lowest BCUT2D eigenvalue weighted by Crippen LogP contribution is -2.37. The van der Waals surface area contributed by atoms with Gasteiger partial charge in [-0.25, -0.2) is 0 Å². The van der Waals surface area contributed by atoms with Crippen molar-refractivity contribution < 1.29 is 9.47 Å². The van der Waals surface area contributed by atoms with Gasteiger partial charge in [0.2, 0.25) is 0 Å². The molecule has 2 aliphatic rings. The van der Waals surface area contributed by atoms with E-state index < -0.39 is 0 Å². The first-order valence-electron chi connectivity index (χ1n) is 7.77. The average Bonchev–Trinajstić information content (AvgIpc) is 2.47. The lowest BCUT2D eigenvalue weighted by Gasteiger charge is -2.38. The molecule has 0 aromatic heterocycles. The zero-order valence-corrected chi connectivity index (χ0v) is 12.5. The van der Waals surface area contributed by atoms with E-state index in [9.17, 15) is 0 Å². The molecule has 20 heavy (non-hydrogen) atoms. The van der Waals surface area contributed by atoms with Crippen LogP contribution in [0.5, 0.6) is 11.5 Å². The van der Waals surface area contributed by atoms with Crippen LogP contribution in [0.15, 0.2) is 18.2 Å². The smallest absolute Gasteiger partial charge is 0.124 e. The highest BCUT2D eigenvalue weighted by Gasteiger charge is 2.34. The molecule has 1 aromatic rings. The van der Waals surface area contributed by atoms with Gasteiger partial charge < -0.3 is 15.2 Å². The summed E-state index contributed by atoms with van der Waals surface area (Å²) in [5, 5.41) is 0. The molecule has 110 valence electrons. The molecular weight excluding hydrogens is 250 g/mol. The largest absolute Gasteiger partial charge is 0.497 e. The fourth-order valence-corrected chi connectivity index (χ4v) is 3.75. The molecule has 3 nitrogen and oxygen atoms in total. The monoisotopic (exact) mass is 275 g/mol. The highest BCUT2D eigenvalue weighted by molar-refractivity contribution is 5.43. The summed E-state index contributed by atoms with van der Waals surface area (Å²) in [6, 6.07) is 6.04. The summed E-state index contributed by atoms with van der Waals surface area (Å²) in [5.41, 5.74) is 7.45.